The van der Waals surface area contributed by atoms with Crippen molar-refractivity contribution in [2.75, 3.05) is 18.0 Å². The van der Waals surface area contributed by atoms with Gasteiger partial charge >= 0.3 is 0 Å². The molecule has 5 rings (SSSR count). The van der Waals surface area contributed by atoms with Gasteiger partial charge in [0.05, 0.1) is 11.7 Å². The maximum Gasteiger partial charge on any atom is 0.135 e. The molecule has 2 aliphatic heterocycles. The van der Waals surface area contributed by atoms with Crippen molar-refractivity contribution < 1.29 is 4.42 Å². The van der Waals surface area contributed by atoms with Crippen LogP contribution in [-0.2, 0) is 0 Å². The first-order valence-corrected chi connectivity index (χ1v) is 8.52. The molecule has 0 N–H and O–H groups in total. The number of rotatable bonds is 1. The summed E-state index contributed by atoms with van der Waals surface area (Å²) in [6, 6.07) is 12.9. The van der Waals surface area contributed by atoms with Crippen LogP contribution in [0.5, 0.6) is 0 Å². The third-order valence-electron chi connectivity index (χ3n) is 5.92. The lowest BCUT2D eigenvalue weighted by Gasteiger charge is -2.42. The van der Waals surface area contributed by atoms with Gasteiger partial charge in [-0.3, -0.25) is 4.90 Å². The highest BCUT2D eigenvalue weighted by molar-refractivity contribution is 6.06. The number of hydrogen-bond donors (Lipinski definition) is 0. The van der Waals surface area contributed by atoms with Crippen molar-refractivity contribution in [2.24, 2.45) is 0 Å². The fourth-order valence-corrected chi connectivity index (χ4v) is 4.72. The molecule has 3 heteroatoms. The van der Waals surface area contributed by atoms with Crippen molar-refractivity contribution in [1.82, 2.24) is 4.90 Å². The molecule has 3 heterocycles. The summed E-state index contributed by atoms with van der Waals surface area (Å²) < 4.78 is 6.04. The largest absolute Gasteiger partial charge is 0.456 e. The summed E-state index contributed by atoms with van der Waals surface area (Å²) in [5.74, 6) is 0. The lowest BCUT2D eigenvalue weighted by Crippen LogP contribution is -2.50. The molecule has 0 radical (unpaired) electrons. The van der Waals surface area contributed by atoms with Gasteiger partial charge in [-0.25, -0.2) is 0 Å². The van der Waals surface area contributed by atoms with E-state index < -0.39 is 0 Å². The molecular formula is C20H22N2O. The van der Waals surface area contributed by atoms with E-state index in [0.717, 1.165) is 11.2 Å². The SMILES string of the molecule is Cc1cc2oc3ccccc3c2cc1N1C(C)N2CCC1(C)C2. The Morgan fingerprint density at radius 3 is 2.74 bits per heavy atom. The molecule has 3 atom stereocenters. The van der Waals surface area contributed by atoms with Gasteiger partial charge in [-0.2, -0.15) is 0 Å². The van der Waals surface area contributed by atoms with Crippen molar-refractivity contribution in [2.45, 2.75) is 38.9 Å². The Labute approximate surface area is 136 Å². The van der Waals surface area contributed by atoms with Gasteiger partial charge in [-0.05, 0) is 51.0 Å². The van der Waals surface area contributed by atoms with Gasteiger partial charge in [-0.15, -0.1) is 0 Å². The molecule has 3 aromatic rings. The maximum atomic E-state index is 6.04. The smallest absolute Gasteiger partial charge is 0.135 e. The van der Waals surface area contributed by atoms with E-state index in [-0.39, 0.29) is 5.54 Å². The number of nitrogens with zero attached hydrogens (tertiary/aromatic N) is 2. The number of hydrogen-bond acceptors (Lipinski definition) is 3. The molecule has 2 saturated heterocycles. The molecule has 2 bridgehead atoms. The Morgan fingerprint density at radius 1 is 1.13 bits per heavy atom. The number of anilines is 1. The average Bonchev–Trinajstić information content (AvgIpc) is 3.15. The molecular weight excluding hydrogens is 284 g/mol. The summed E-state index contributed by atoms with van der Waals surface area (Å²) in [4.78, 5) is 5.23. The molecule has 2 aromatic carbocycles. The molecule has 3 nitrogen and oxygen atoms in total. The zero-order valence-corrected chi connectivity index (χ0v) is 14.0. The lowest BCUT2D eigenvalue weighted by atomic mass is 9.96. The minimum Gasteiger partial charge on any atom is -0.456 e. The van der Waals surface area contributed by atoms with Crippen LogP contribution in [0.3, 0.4) is 0 Å². The molecule has 0 aliphatic carbocycles. The summed E-state index contributed by atoms with van der Waals surface area (Å²) in [5.41, 5.74) is 4.90. The van der Waals surface area contributed by atoms with Crippen LogP contribution in [0.4, 0.5) is 5.69 Å². The first kappa shape index (κ1) is 13.4. The first-order chi connectivity index (χ1) is 11.1. The average molecular weight is 306 g/mol. The molecule has 23 heavy (non-hydrogen) atoms. The van der Waals surface area contributed by atoms with Gasteiger partial charge in [0.15, 0.2) is 0 Å². The zero-order valence-electron chi connectivity index (χ0n) is 14.0. The summed E-state index contributed by atoms with van der Waals surface area (Å²) in [6.07, 6.45) is 1.73. The van der Waals surface area contributed by atoms with E-state index in [0.29, 0.717) is 6.17 Å². The van der Waals surface area contributed by atoms with E-state index >= 15 is 0 Å². The Morgan fingerprint density at radius 2 is 1.96 bits per heavy atom. The molecule has 0 spiro atoms. The fourth-order valence-electron chi connectivity index (χ4n) is 4.72. The summed E-state index contributed by atoms with van der Waals surface area (Å²) in [5, 5.41) is 2.45. The van der Waals surface area contributed by atoms with Crippen LogP contribution in [0.15, 0.2) is 40.8 Å². The first-order valence-electron chi connectivity index (χ1n) is 8.52. The normalized spacial score (nSPS) is 30.0. The monoisotopic (exact) mass is 306 g/mol. The molecule has 118 valence electrons. The minimum atomic E-state index is 0.261. The Balaban J connectivity index is 1.75. The Hall–Kier alpha value is -2.00. The summed E-state index contributed by atoms with van der Waals surface area (Å²) >= 11 is 0. The minimum absolute atomic E-state index is 0.261. The van der Waals surface area contributed by atoms with Crippen LogP contribution < -0.4 is 4.90 Å². The lowest BCUT2D eigenvalue weighted by molar-refractivity contribution is 0.278. The summed E-state index contributed by atoms with van der Waals surface area (Å²) in [7, 11) is 0. The van der Waals surface area contributed by atoms with Crippen LogP contribution in [0.25, 0.3) is 21.9 Å². The van der Waals surface area contributed by atoms with E-state index in [4.69, 9.17) is 4.42 Å². The highest BCUT2D eigenvalue weighted by Crippen LogP contribution is 2.44. The number of aryl methyl sites for hydroxylation is 1. The van der Waals surface area contributed by atoms with Gasteiger partial charge in [0, 0.05) is 29.5 Å². The number of benzene rings is 2. The predicted molar refractivity (Wildman–Crippen MR) is 95.0 cm³/mol. The van der Waals surface area contributed by atoms with E-state index in [1.54, 1.807) is 0 Å². The van der Waals surface area contributed by atoms with Gasteiger partial charge in [-0.1, -0.05) is 18.2 Å². The Bertz CT molecular complexity index is 928. The van der Waals surface area contributed by atoms with Crippen molar-refractivity contribution in [3.05, 3.63) is 42.0 Å². The molecule has 1 aromatic heterocycles. The van der Waals surface area contributed by atoms with Crippen LogP contribution >= 0.6 is 0 Å². The predicted octanol–water partition coefficient (Wildman–Crippen LogP) is 4.52. The van der Waals surface area contributed by atoms with Crippen molar-refractivity contribution in [3.63, 3.8) is 0 Å². The number of fused-ring (bicyclic) bond motifs is 5. The second-order valence-electron chi connectivity index (χ2n) is 7.45. The topological polar surface area (TPSA) is 19.6 Å². The van der Waals surface area contributed by atoms with E-state index in [1.807, 2.05) is 6.07 Å². The van der Waals surface area contributed by atoms with Crippen LogP contribution in [0.2, 0.25) is 0 Å². The zero-order chi connectivity index (χ0) is 15.8. The quantitative estimate of drug-likeness (QED) is 0.659. The van der Waals surface area contributed by atoms with Gasteiger partial charge in [0.25, 0.3) is 0 Å². The third-order valence-corrected chi connectivity index (χ3v) is 5.92. The van der Waals surface area contributed by atoms with Gasteiger partial charge in [0.1, 0.15) is 11.2 Å². The van der Waals surface area contributed by atoms with E-state index in [2.05, 4.69) is 60.9 Å². The highest BCUT2D eigenvalue weighted by atomic mass is 16.3. The van der Waals surface area contributed by atoms with Crippen LogP contribution in [0.1, 0.15) is 25.8 Å². The molecule has 0 amide bonds. The molecule has 0 saturated carbocycles. The molecule has 2 fully saturated rings. The standard InChI is InChI=1S/C20H22N2O/c1-13-10-19-16(15-6-4-5-7-18(15)23-19)11-17(13)22-14(2)21-9-8-20(22,3)12-21/h4-7,10-11,14H,8-9,12H2,1-3H3. The third kappa shape index (κ3) is 1.69. The van der Waals surface area contributed by atoms with E-state index in [1.165, 1.54) is 41.5 Å². The molecule has 2 aliphatic rings. The number of para-hydroxylation sites is 1. The van der Waals surface area contributed by atoms with Crippen molar-refractivity contribution in [1.29, 1.82) is 0 Å². The van der Waals surface area contributed by atoms with Crippen LogP contribution in [-0.4, -0.2) is 29.7 Å². The van der Waals surface area contributed by atoms with Crippen molar-refractivity contribution >= 4 is 27.6 Å². The Kier molecular flexibility index (Phi) is 2.51. The second kappa shape index (κ2) is 4.30. The molecule has 3 unspecified atom stereocenters. The highest BCUT2D eigenvalue weighted by Gasteiger charge is 2.50. The van der Waals surface area contributed by atoms with Gasteiger partial charge < -0.3 is 9.32 Å². The fraction of sp³-hybridized carbons (Fsp3) is 0.400. The van der Waals surface area contributed by atoms with Gasteiger partial charge in [0.2, 0.25) is 0 Å². The summed E-state index contributed by atoms with van der Waals surface area (Å²) in [6.45, 7) is 9.36. The number of furan rings is 1. The van der Waals surface area contributed by atoms with Crippen LogP contribution in [0, 0.1) is 6.92 Å². The van der Waals surface area contributed by atoms with E-state index in [9.17, 15) is 0 Å². The van der Waals surface area contributed by atoms with Crippen molar-refractivity contribution in [3.8, 4) is 0 Å². The second-order valence-corrected chi connectivity index (χ2v) is 7.45. The maximum absolute atomic E-state index is 6.04.